The highest BCUT2D eigenvalue weighted by molar-refractivity contribution is 7.81. The van der Waals surface area contributed by atoms with Gasteiger partial charge in [-0.05, 0) is 24.3 Å². The molecule has 0 aliphatic carbocycles. The van der Waals surface area contributed by atoms with Gasteiger partial charge in [-0.15, -0.1) is 0 Å². The highest BCUT2D eigenvalue weighted by atomic mass is 35.5. The number of nitrogens with one attached hydrogen (secondary N) is 3. The zero-order valence-corrected chi connectivity index (χ0v) is 11.0. The first-order chi connectivity index (χ1) is 8.70. The second-order valence-electron chi connectivity index (χ2n) is 3.68. The molecule has 3 N–H and O–H groups in total. The van der Waals surface area contributed by atoms with Crippen molar-refractivity contribution in [2.45, 2.75) is 0 Å². The van der Waals surface area contributed by atoms with Crippen molar-refractivity contribution in [3.63, 3.8) is 0 Å². The molecule has 0 unspecified atom stereocenters. The molecule has 0 bridgehead atoms. The van der Waals surface area contributed by atoms with Crippen molar-refractivity contribution in [1.29, 1.82) is 5.26 Å². The summed E-state index contributed by atoms with van der Waals surface area (Å²) in [5.74, 6) is 0.684. The van der Waals surface area contributed by atoms with Crippen molar-refractivity contribution in [2.75, 3.05) is 18.4 Å². The molecule has 1 aromatic rings. The quantitative estimate of drug-likeness (QED) is 0.439. The van der Waals surface area contributed by atoms with Crippen molar-refractivity contribution in [1.82, 2.24) is 10.6 Å². The summed E-state index contributed by atoms with van der Waals surface area (Å²) in [6.07, 6.45) is 0. The van der Waals surface area contributed by atoms with E-state index < -0.39 is 0 Å². The van der Waals surface area contributed by atoms with E-state index in [4.69, 9.17) is 29.1 Å². The Morgan fingerprint density at radius 2 is 1.89 bits per heavy atom. The lowest BCUT2D eigenvalue weighted by atomic mass is 10.2. The van der Waals surface area contributed by atoms with Gasteiger partial charge in [-0.3, -0.25) is 0 Å². The normalized spacial score (nSPS) is 13.2. The molecule has 2 rings (SSSR count). The van der Waals surface area contributed by atoms with Crippen LogP contribution in [0.1, 0.15) is 0 Å². The summed E-state index contributed by atoms with van der Waals surface area (Å²) in [4.78, 5) is 0.386. The molecule has 1 fully saturated rings. The third kappa shape index (κ3) is 2.92. The van der Waals surface area contributed by atoms with Crippen LogP contribution in [0.3, 0.4) is 0 Å². The molecular formula is C12H11ClN4S. The smallest absolute Gasteiger partial charge is 0.127 e. The van der Waals surface area contributed by atoms with Gasteiger partial charge in [-0.2, -0.15) is 5.26 Å². The zero-order chi connectivity index (χ0) is 13.0. The topological polar surface area (TPSA) is 59.9 Å². The van der Waals surface area contributed by atoms with Crippen LogP contribution in [0, 0.1) is 11.3 Å². The Bertz CT molecular complexity index is 522. The molecular weight excluding hydrogens is 268 g/mol. The maximum atomic E-state index is 9.14. The Kier molecular flexibility index (Phi) is 4.03. The molecule has 0 atom stereocenters. The summed E-state index contributed by atoms with van der Waals surface area (Å²) in [5.41, 5.74) is 1.22. The molecule has 92 valence electrons. The molecule has 18 heavy (non-hydrogen) atoms. The maximum Gasteiger partial charge on any atom is 0.127 e. The molecule has 1 saturated heterocycles. The molecule has 1 aliphatic rings. The van der Waals surface area contributed by atoms with Gasteiger partial charge in [0.15, 0.2) is 0 Å². The van der Waals surface area contributed by atoms with Crippen LogP contribution < -0.4 is 16.0 Å². The van der Waals surface area contributed by atoms with Crippen LogP contribution in [0.15, 0.2) is 35.7 Å². The second kappa shape index (κ2) is 5.71. The highest BCUT2D eigenvalue weighted by Gasteiger charge is 2.15. The summed E-state index contributed by atoms with van der Waals surface area (Å²) < 4.78 is 0. The van der Waals surface area contributed by atoms with E-state index >= 15 is 0 Å². The SMILES string of the molecule is N#CC(C(=S)Nc1ccc(Cl)cc1)=C1NCCN1. The number of hydrogen-bond acceptors (Lipinski definition) is 4. The standard InChI is InChI=1S/C12H11ClN4S/c13-8-1-3-9(4-2-8)17-12(18)10(7-14)11-15-5-6-16-11/h1-4,15-16H,5-6H2,(H,17,18). The van der Waals surface area contributed by atoms with E-state index in [0.717, 1.165) is 18.8 Å². The fourth-order valence-corrected chi connectivity index (χ4v) is 1.95. The Morgan fingerprint density at radius 1 is 1.28 bits per heavy atom. The molecule has 6 heteroatoms. The first-order valence-corrected chi connectivity index (χ1v) is 6.18. The van der Waals surface area contributed by atoms with Crippen LogP contribution in [0.4, 0.5) is 5.69 Å². The number of rotatable bonds is 2. The summed E-state index contributed by atoms with van der Waals surface area (Å²) >= 11 is 11.0. The highest BCUT2D eigenvalue weighted by Crippen LogP contribution is 2.15. The number of thiocarbonyl (C=S) groups is 1. The van der Waals surface area contributed by atoms with Crippen LogP contribution in [0.5, 0.6) is 0 Å². The van der Waals surface area contributed by atoms with Crippen molar-refractivity contribution < 1.29 is 0 Å². The first kappa shape index (κ1) is 12.7. The van der Waals surface area contributed by atoms with Gasteiger partial charge in [0.1, 0.15) is 22.5 Å². The van der Waals surface area contributed by atoms with E-state index in [1.165, 1.54) is 0 Å². The predicted molar refractivity (Wildman–Crippen MR) is 76.3 cm³/mol. The number of benzene rings is 1. The molecule has 0 spiro atoms. The van der Waals surface area contributed by atoms with Crippen molar-refractivity contribution in [3.05, 3.63) is 40.7 Å². The molecule has 1 heterocycles. The van der Waals surface area contributed by atoms with Gasteiger partial charge in [0.2, 0.25) is 0 Å². The van der Waals surface area contributed by atoms with Gasteiger partial charge in [-0.1, -0.05) is 23.8 Å². The fourth-order valence-electron chi connectivity index (χ4n) is 1.56. The lowest BCUT2D eigenvalue weighted by Crippen LogP contribution is -2.21. The van der Waals surface area contributed by atoms with E-state index in [0.29, 0.717) is 21.4 Å². The Morgan fingerprint density at radius 3 is 2.44 bits per heavy atom. The van der Waals surface area contributed by atoms with Crippen molar-refractivity contribution >= 4 is 34.5 Å². The fraction of sp³-hybridized carbons (Fsp3) is 0.167. The van der Waals surface area contributed by atoms with Gasteiger partial charge in [-0.25, -0.2) is 0 Å². The molecule has 1 aromatic carbocycles. The van der Waals surface area contributed by atoms with Crippen LogP contribution >= 0.6 is 23.8 Å². The Hall–Kier alpha value is -1.77. The molecule has 0 radical (unpaired) electrons. The number of nitrogens with zero attached hydrogens (tertiary/aromatic N) is 1. The summed E-state index contributed by atoms with van der Waals surface area (Å²) in [7, 11) is 0. The van der Waals surface area contributed by atoms with E-state index in [9.17, 15) is 0 Å². The van der Waals surface area contributed by atoms with Crippen LogP contribution in [-0.2, 0) is 0 Å². The van der Waals surface area contributed by atoms with E-state index in [2.05, 4.69) is 22.0 Å². The van der Waals surface area contributed by atoms with E-state index in [1.807, 2.05) is 12.1 Å². The monoisotopic (exact) mass is 278 g/mol. The van der Waals surface area contributed by atoms with Gasteiger partial charge in [0.05, 0.1) is 0 Å². The molecule has 0 aromatic heterocycles. The van der Waals surface area contributed by atoms with Crippen molar-refractivity contribution in [2.24, 2.45) is 0 Å². The molecule has 0 saturated carbocycles. The minimum atomic E-state index is 0.386. The third-order valence-electron chi connectivity index (χ3n) is 2.42. The number of nitriles is 1. The average molecular weight is 279 g/mol. The number of anilines is 1. The summed E-state index contributed by atoms with van der Waals surface area (Å²) in [5, 5.41) is 19.0. The van der Waals surface area contributed by atoms with Gasteiger partial charge < -0.3 is 16.0 Å². The minimum Gasteiger partial charge on any atom is -0.369 e. The van der Waals surface area contributed by atoms with E-state index in [-0.39, 0.29) is 0 Å². The largest absolute Gasteiger partial charge is 0.369 e. The Balaban J connectivity index is 2.14. The van der Waals surface area contributed by atoms with Gasteiger partial charge >= 0.3 is 0 Å². The van der Waals surface area contributed by atoms with E-state index in [1.54, 1.807) is 12.1 Å². The van der Waals surface area contributed by atoms with Gasteiger partial charge in [0.25, 0.3) is 0 Å². The Labute approximate surface area is 116 Å². The van der Waals surface area contributed by atoms with Gasteiger partial charge in [0, 0.05) is 23.8 Å². The molecule has 4 nitrogen and oxygen atoms in total. The average Bonchev–Trinajstić information content (AvgIpc) is 2.87. The summed E-state index contributed by atoms with van der Waals surface area (Å²) in [6.45, 7) is 1.59. The third-order valence-corrected chi connectivity index (χ3v) is 2.98. The van der Waals surface area contributed by atoms with Crippen LogP contribution in [-0.4, -0.2) is 18.1 Å². The first-order valence-electron chi connectivity index (χ1n) is 5.40. The number of halogens is 1. The minimum absolute atomic E-state index is 0.386. The van der Waals surface area contributed by atoms with Crippen LogP contribution in [0.25, 0.3) is 0 Å². The molecule has 1 aliphatic heterocycles. The maximum absolute atomic E-state index is 9.14. The predicted octanol–water partition coefficient (Wildman–Crippen LogP) is 2.01. The number of hydrogen-bond donors (Lipinski definition) is 3. The van der Waals surface area contributed by atoms with Crippen molar-refractivity contribution in [3.8, 4) is 6.07 Å². The lowest BCUT2D eigenvalue weighted by Gasteiger charge is -2.09. The summed E-state index contributed by atoms with van der Waals surface area (Å²) in [6, 6.07) is 9.24. The molecule has 0 amide bonds. The lowest BCUT2D eigenvalue weighted by molar-refractivity contribution is 0.942. The zero-order valence-electron chi connectivity index (χ0n) is 9.46. The van der Waals surface area contributed by atoms with Crippen LogP contribution in [0.2, 0.25) is 5.02 Å². The second-order valence-corrected chi connectivity index (χ2v) is 4.52.